The van der Waals surface area contributed by atoms with E-state index in [0.717, 1.165) is 33.4 Å². The number of hydrogen-bond acceptors (Lipinski definition) is 2. The van der Waals surface area contributed by atoms with E-state index in [2.05, 4.69) is 34.1 Å². The lowest BCUT2D eigenvalue weighted by molar-refractivity contribution is -0.112. The molecule has 0 aliphatic carbocycles. The second-order valence-electron chi connectivity index (χ2n) is 7.29. The zero-order valence-electron chi connectivity index (χ0n) is 17.2. The van der Waals surface area contributed by atoms with Crippen molar-refractivity contribution in [2.45, 2.75) is 13.8 Å². The van der Waals surface area contributed by atoms with E-state index in [4.69, 9.17) is 0 Å². The van der Waals surface area contributed by atoms with Gasteiger partial charge in [0.1, 0.15) is 17.5 Å². The lowest BCUT2D eigenvalue weighted by atomic mass is 10.1. The monoisotopic (exact) mass is 409 g/mol. The first kappa shape index (κ1) is 20.1. The summed E-state index contributed by atoms with van der Waals surface area (Å²) in [7, 11) is 0. The van der Waals surface area contributed by atoms with Crippen LogP contribution in [0.2, 0.25) is 0 Å². The van der Waals surface area contributed by atoms with Crippen LogP contribution in [-0.2, 0) is 4.79 Å². The third kappa shape index (κ3) is 3.96. The minimum Gasteiger partial charge on any atom is -0.321 e. The molecular weight excluding hydrogens is 389 g/mol. The van der Waals surface area contributed by atoms with Gasteiger partial charge < -0.3 is 9.88 Å². The summed E-state index contributed by atoms with van der Waals surface area (Å²) in [6, 6.07) is 23.7. The van der Waals surface area contributed by atoms with Gasteiger partial charge in [-0.1, -0.05) is 36.4 Å². The number of nitriles is 1. The van der Waals surface area contributed by atoms with Gasteiger partial charge in [-0.05, 0) is 67.3 Å². The second kappa shape index (κ2) is 8.29. The van der Waals surface area contributed by atoms with E-state index in [1.54, 1.807) is 6.08 Å². The third-order valence-electron chi connectivity index (χ3n) is 5.24. The quantitative estimate of drug-likeness (QED) is 0.335. The average Bonchev–Trinajstić information content (AvgIpc) is 3.05. The Hall–Kier alpha value is -4.17. The highest BCUT2D eigenvalue weighted by atomic mass is 19.1. The van der Waals surface area contributed by atoms with Crippen molar-refractivity contribution in [3.63, 3.8) is 0 Å². The van der Waals surface area contributed by atoms with E-state index in [-0.39, 0.29) is 5.57 Å². The molecule has 4 rings (SSSR count). The van der Waals surface area contributed by atoms with Crippen molar-refractivity contribution in [1.29, 1.82) is 5.26 Å². The fourth-order valence-electron chi connectivity index (χ4n) is 3.74. The van der Waals surface area contributed by atoms with Gasteiger partial charge in [-0.25, -0.2) is 4.39 Å². The average molecular weight is 409 g/mol. The summed E-state index contributed by atoms with van der Waals surface area (Å²) in [6.45, 7) is 3.96. The van der Waals surface area contributed by atoms with Crippen molar-refractivity contribution in [1.82, 2.24) is 4.57 Å². The smallest absolute Gasteiger partial charge is 0.266 e. The molecule has 0 bridgehead atoms. The molecule has 4 nitrogen and oxygen atoms in total. The maximum Gasteiger partial charge on any atom is 0.266 e. The summed E-state index contributed by atoms with van der Waals surface area (Å²) in [5.74, 6) is -0.931. The number of carbonyl (C=O) groups excluding carboxylic acids is 1. The Balaban J connectivity index is 1.72. The number of anilines is 1. The van der Waals surface area contributed by atoms with Gasteiger partial charge in [0.2, 0.25) is 0 Å². The second-order valence-corrected chi connectivity index (χ2v) is 7.29. The number of aryl methyl sites for hydroxylation is 1. The van der Waals surface area contributed by atoms with Gasteiger partial charge in [0.15, 0.2) is 0 Å². The Morgan fingerprint density at radius 2 is 1.74 bits per heavy atom. The number of nitrogens with zero attached hydrogens (tertiary/aromatic N) is 2. The molecule has 0 saturated carbocycles. The van der Waals surface area contributed by atoms with Crippen molar-refractivity contribution in [2.24, 2.45) is 0 Å². The van der Waals surface area contributed by atoms with Crippen LogP contribution >= 0.6 is 0 Å². The number of halogens is 1. The highest BCUT2D eigenvalue weighted by molar-refractivity contribution is 6.09. The first-order valence-electron chi connectivity index (χ1n) is 9.83. The number of amides is 1. The lowest BCUT2D eigenvalue weighted by Crippen LogP contribution is -2.13. The first-order valence-corrected chi connectivity index (χ1v) is 9.83. The number of fused-ring (bicyclic) bond motifs is 1. The van der Waals surface area contributed by atoms with Crippen LogP contribution in [0.1, 0.15) is 17.0 Å². The summed E-state index contributed by atoms with van der Waals surface area (Å²) in [4.78, 5) is 12.6. The van der Waals surface area contributed by atoms with Crippen LogP contribution in [0.5, 0.6) is 0 Å². The van der Waals surface area contributed by atoms with Crippen molar-refractivity contribution in [2.75, 3.05) is 5.32 Å². The molecule has 5 heteroatoms. The van der Waals surface area contributed by atoms with Crippen molar-refractivity contribution < 1.29 is 9.18 Å². The summed E-state index contributed by atoms with van der Waals surface area (Å²) in [5, 5.41) is 14.5. The Morgan fingerprint density at radius 3 is 2.48 bits per heavy atom. The van der Waals surface area contributed by atoms with Crippen LogP contribution < -0.4 is 5.32 Å². The molecule has 0 radical (unpaired) electrons. The Bertz CT molecular complexity index is 1350. The van der Waals surface area contributed by atoms with E-state index >= 15 is 0 Å². The molecule has 31 heavy (non-hydrogen) atoms. The number of aromatic nitrogens is 1. The molecule has 0 saturated heterocycles. The topological polar surface area (TPSA) is 57.8 Å². The molecule has 0 fully saturated rings. The SMILES string of the molecule is Cc1cc(C=C(C#N)C(=O)Nc2ccc(F)cc2)c(C)n1-c1cccc2ccccc12. The molecule has 3 aromatic carbocycles. The number of hydrogen-bond donors (Lipinski definition) is 1. The van der Waals surface area contributed by atoms with Crippen molar-refractivity contribution >= 4 is 28.4 Å². The molecule has 0 unspecified atom stereocenters. The van der Waals surface area contributed by atoms with Crippen molar-refractivity contribution in [3.05, 3.63) is 101 Å². The molecule has 4 aromatic rings. The highest BCUT2D eigenvalue weighted by Gasteiger charge is 2.15. The zero-order valence-corrected chi connectivity index (χ0v) is 17.2. The normalized spacial score (nSPS) is 11.4. The zero-order chi connectivity index (χ0) is 22.0. The molecule has 0 spiro atoms. The van der Waals surface area contributed by atoms with Gasteiger partial charge in [-0.15, -0.1) is 0 Å². The van der Waals surface area contributed by atoms with Crippen LogP contribution in [0.25, 0.3) is 22.5 Å². The molecule has 1 amide bonds. The fraction of sp³-hybridized carbons (Fsp3) is 0.0769. The molecule has 1 aromatic heterocycles. The molecule has 152 valence electrons. The van der Waals surface area contributed by atoms with E-state index in [1.807, 2.05) is 44.2 Å². The van der Waals surface area contributed by atoms with Gasteiger partial charge in [-0.2, -0.15) is 5.26 Å². The predicted octanol–water partition coefficient (Wildman–Crippen LogP) is 5.93. The van der Waals surface area contributed by atoms with Gasteiger partial charge in [0, 0.05) is 22.5 Å². The predicted molar refractivity (Wildman–Crippen MR) is 121 cm³/mol. The highest BCUT2D eigenvalue weighted by Crippen LogP contribution is 2.28. The van der Waals surface area contributed by atoms with Crippen LogP contribution in [0, 0.1) is 31.0 Å². The summed E-state index contributed by atoms with van der Waals surface area (Å²) < 4.78 is 15.2. The van der Waals surface area contributed by atoms with E-state index in [0.29, 0.717) is 5.69 Å². The minimum atomic E-state index is -0.538. The Labute approximate surface area is 179 Å². The first-order chi connectivity index (χ1) is 15.0. The summed E-state index contributed by atoms with van der Waals surface area (Å²) >= 11 is 0. The summed E-state index contributed by atoms with van der Waals surface area (Å²) in [6.07, 6.45) is 1.59. The number of nitrogens with one attached hydrogen (secondary N) is 1. The van der Waals surface area contributed by atoms with E-state index < -0.39 is 11.7 Å². The standard InChI is InChI=1S/C26H20FN3O/c1-17-14-20(15-21(16-28)26(31)29-23-12-10-22(27)11-13-23)18(2)30(17)25-9-5-7-19-6-3-4-8-24(19)25/h3-15H,1-2H3,(H,29,31). The number of rotatable bonds is 4. The van der Waals surface area contributed by atoms with E-state index in [1.165, 1.54) is 24.3 Å². The molecule has 1 heterocycles. The van der Waals surface area contributed by atoms with Gasteiger partial charge >= 0.3 is 0 Å². The Kier molecular flexibility index (Phi) is 5.38. The molecule has 0 aliphatic heterocycles. The molecule has 0 atom stereocenters. The maximum atomic E-state index is 13.1. The van der Waals surface area contributed by atoms with Crippen molar-refractivity contribution in [3.8, 4) is 11.8 Å². The number of benzene rings is 3. The fourth-order valence-corrected chi connectivity index (χ4v) is 3.74. The maximum absolute atomic E-state index is 13.1. The molecular formula is C26H20FN3O. The number of carbonyl (C=O) groups is 1. The lowest BCUT2D eigenvalue weighted by Gasteiger charge is -2.13. The van der Waals surface area contributed by atoms with Crippen LogP contribution in [0.3, 0.4) is 0 Å². The molecule has 0 aliphatic rings. The van der Waals surface area contributed by atoms with Gasteiger partial charge in [0.05, 0.1) is 5.69 Å². The molecule has 1 N–H and O–H groups in total. The summed E-state index contributed by atoms with van der Waals surface area (Å²) in [5.41, 5.74) is 4.15. The van der Waals surface area contributed by atoms with Gasteiger partial charge in [-0.3, -0.25) is 4.79 Å². The Morgan fingerprint density at radius 1 is 1.03 bits per heavy atom. The third-order valence-corrected chi connectivity index (χ3v) is 5.24. The van der Waals surface area contributed by atoms with Gasteiger partial charge in [0.25, 0.3) is 5.91 Å². The van der Waals surface area contributed by atoms with Crippen LogP contribution in [0.4, 0.5) is 10.1 Å². The largest absolute Gasteiger partial charge is 0.321 e. The van der Waals surface area contributed by atoms with Crippen LogP contribution in [0.15, 0.2) is 78.4 Å². The van der Waals surface area contributed by atoms with E-state index in [9.17, 15) is 14.4 Å². The van der Waals surface area contributed by atoms with Crippen LogP contribution in [-0.4, -0.2) is 10.5 Å². The minimum absolute atomic E-state index is 0.0255.